The molecule has 0 aliphatic heterocycles. The standard InChI is InChI=1S/C13H16FN3O2/c1-3-13-16-12(17-19-13)7-18-9-4-5-10(8(2)15)11(14)6-9/h4-6,8H,3,7,15H2,1-2H3. The first-order chi connectivity index (χ1) is 9.10. The SMILES string of the molecule is CCc1nc(COc2ccc(C(C)N)c(F)c2)no1. The van der Waals surface area contributed by atoms with Crippen molar-refractivity contribution >= 4 is 0 Å². The molecule has 0 amide bonds. The van der Waals surface area contributed by atoms with Crippen LogP contribution in [0.3, 0.4) is 0 Å². The van der Waals surface area contributed by atoms with Gasteiger partial charge in [-0.05, 0) is 13.0 Å². The molecule has 2 aromatic rings. The van der Waals surface area contributed by atoms with Crippen LogP contribution in [0, 0.1) is 5.82 Å². The molecular formula is C13H16FN3O2. The molecular weight excluding hydrogens is 249 g/mol. The predicted octanol–water partition coefficient (Wildman–Crippen LogP) is 2.37. The fourth-order valence-electron chi connectivity index (χ4n) is 1.61. The van der Waals surface area contributed by atoms with Gasteiger partial charge in [-0.2, -0.15) is 4.98 Å². The van der Waals surface area contributed by atoms with Gasteiger partial charge < -0.3 is 15.0 Å². The summed E-state index contributed by atoms with van der Waals surface area (Å²) >= 11 is 0. The van der Waals surface area contributed by atoms with Gasteiger partial charge in [0.15, 0.2) is 6.61 Å². The maximum Gasteiger partial charge on any atom is 0.226 e. The molecule has 1 aromatic carbocycles. The van der Waals surface area contributed by atoms with Crippen molar-refractivity contribution in [2.24, 2.45) is 5.73 Å². The quantitative estimate of drug-likeness (QED) is 0.898. The lowest BCUT2D eigenvalue weighted by Gasteiger charge is -2.09. The number of aromatic nitrogens is 2. The highest BCUT2D eigenvalue weighted by molar-refractivity contribution is 5.30. The van der Waals surface area contributed by atoms with E-state index < -0.39 is 0 Å². The first-order valence-electron chi connectivity index (χ1n) is 6.09. The smallest absolute Gasteiger partial charge is 0.226 e. The van der Waals surface area contributed by atoms with E-state index in [4.69, 9.17) is 15.0 Å². The first kappa shape index (κ1) is 13.5. The third kappa shape index (κ3) is 3.29. The normalized spacial score (nSPS) is 12.4. The molecule has 2 rings (SSSR count). The molecule has 102 valence electrons. The second kappa shape index (κ2) is 5.79. The Balaban J connectivity index is 2.01. The number of rotatable bonds is 5. The second-order valence-corrected chi connectivity index (χ2v) is 4.22. The zero-order chi connectivity index (χ0) is 13.8. The molecule has 0 aliphatic rings. The molecule has 0 spiro atoms. The van der Waals surface area contributed by atoms with Gasteiger partial charge in [-0.3, -0.25) is 0 Å². The summed E-state index contributed by atoms with van der Waals surface area (Å²) in [7, 11) is 0. The molecule has 0 bridgehead atoms. The van der Waals surface area contributed by atoms with E-state index in [1.54, 1.807) is 19.1 Å². The maximum atomic E-state index is 13.7. The fraction of sp³-hybridized carbons (Fsp3) is 0.385. The summed E-state index contributed by atoms with van der Waals surface area (Å²) in [6, 6.07) is 4.24. The zero-order valence-electron chi connectivity index (χ0n) is 10.9. The van der Waals surface area contributed by atoms with Crippen LogP contribution in [-0.2, 0) is 13.0 Å². The summed E-state index contributed by atoms with van der Waals surface area (Å²) in [6.45, 7) is 3.78. The van der Waals surface area contributed by atoms with Crippen molar-refractivity contribution in [2.75, 3.05) is 0 Å². The molecule has 1 aromatic heterocycles. The number of hydrogen-bond acceptors (Lipinski definition) is 5. The molecule has 1 unspecified atom stereocenters. The highest BCUT2D eigenvalue weighted by Gasteiger charge is 2.09. The monoisotopic (exact) mass is 265 g/mol. The van der Waals surface area contributed by atoms with E-state index in [2.05, 4.69) is 10.1 Å². The number of ether oxygens (including phenoxy) is 1. The highest BCUT2D eigenvalue weighted by Crippen LogP contribution is 2.21. The molecule has 0 radical (unpaired) electrons. The Labute approximate surface area is 110 Å². The van der Waals surface area contributed by atoms with Gasteiger partial charge in [-0.25, -0.2) is 4.39 Å². The van der Waals surface area contributed by atoms with Crippen LogP contribution < -0.4 is 10.5 Å². The Morgan fingerprint density at radius 2 is 2.26 bits per heavy atom. The number of benzene rings is 1. The third-order valence-electron chi connectivity index (χ3n) is 2.64. The minimum Gasteiger partial charge on any atom is -0.485 e. The van der Waals surface area contributed by atoms with E-state index >= 15 is 0 Å². The van der Waals surface area contributed by atoms with E-state index in [1.807, 2.05) is 6.92 Å². The van der Waals surface area contributed by atoms with Crippen LogP contribution in [-0.4, -0.2) is 10.1 Å². The minimum atomic E-state index is -0.380. The lowest BCUT2D eigenvalue weighted by Crippen LogP contribution is -2.07. The number of hydrogen-bond donors (Lipinski definition) is 1. The Hall–Kier alpha value is -1.95. The summed E-state index contributed by atoms with van der Waals surface area (Å²) in [5, 5.41) is 3.75. The average Bonchev–Trinajstić information content (AvgIpc) is 2.84. The summed E-state index contributed by atoms with van der Waals surface area (Å²) in [5.74, 6) is 1.02. The van der Waals surface area contributed by atoms with Crippen molar-refractivity contribution in [2.45, 2.75) is 32.9 Å². The molecule has 1 heterocycles. The predicted molar refractivity (Wildman–Crippen MR) is 67.0 cm³/mol. The molecule has 19 heavy (non-hydrogen) atoms. The number of halogens is 1. The summed E-state index contributed by atoms with van der Waals surface area (Å²) < 4.78 is 24.0. The van der Waals surface area contributed by atoms with Gasteiger partial charge in [0, 0.05) is 24.1 Å². The molecule has 1 atom stereocenters. The van der Waals surface area contributed by atoms with Crippen LogP contribution in [0.1, 0.15) is 37.2 Å². The summed E-state index contributed by atoms with van der Waals surface area (Å²) in [6.07, 6.45) is 0.671. The van der Waals surface area contributed by atoms with Gasteiger partial charge in [0.25, 0.3) is 0 Å². The summed E-state index contributed by atoms with van der Waals surface area (Å²) in [5.41, 5.74) is 6.09. The van der Waals surface area contributed by atoms with Crippen LogP contribution >= 0.6 is 0 Å². The van der Waals surface area contributed by atoms with Crippen molar-refractivity contribution in [1.29, 1.82) is 0 Å². The second-order valence-electron chi connectivity index (χ2n) is 4.22. The Bertz CT molecular complexity index is 555. The molecule has 0 saturated carbocycles. The minimum absolute atomic E-state index is 0.139. The van der Waals surface area contributed by atoms with E-state index in [1.165, 1.54) is 6.07 Å². The van der Waals surface area contributed by atoms with Gasteiger partial charge >= 0.3 is 0 Å². The number of nitrogens with zero attached hydrogens (tertiary/aromatic N) is 2. The number of nitrogens with two attached hydrogens (primary N) is 1. The zero-order valence-corrected chi connectivity index (χ0v) is 10.9. The topological polar surface area (TPSA) is 74.2 Å². The van der Waals surface area contributed by atoms with Crippen molar-refractivity contribution < 1.29 is 13.7 Å². The molecule has 6 heteroatoms. The van der Waals surface area contributed by atoms with Crippen LogP contribution in [0.15, 0.2) is 22.7 Å². The Morgan fingerprint density at radius 1 is 1.47 bits per heavy atom. The molecule has 5 nitrogen and oxygen atoms in total. The third-order valence-corrected chi connectivity index (χ3v) is 2.64. The van der Waals surface area contributed by atoms with Gasteiger partial charge in [0.1, 0.15) is 11.6 Å². The largest absolute Gasteiger partial charge is 0.485 e. The summed E-state index contributed by atoms with van der Waals surface area (Å²) in [4.78, 5) is 4.10. The van der Waals surface area contributed by atoms with Gasteiger partial charge in [-0.1, -0.05) is 18.1 Å². The average molecular weight is 265 g/mol. The lowest BCUT2D eigenvalue weighted by molar-refractivity contribution is 0.284. The molecule has 2 N–H and O–H groups in total. The van der Waals surface area contributed by atoms with Crippen molar-refractivity contribution in [1.82, 2.24) is 10.1 Å². The van der Waals surface area contributed by atoms with E-state index in [-0.39, 0.29) is 18.5 Å². The van der Waals surface area contributed by atoms with Gasteiger partial charge in [0.05, 0.1) is 0 Å². The van der Waals surface area contributed by atoms with Gasteiger partial charge in [0.2, 0.25) is 11.7 Å². The van der Waals surface area contributed by atoms with E-state index in [0.717, 1.165) is 0 Å². The highest BCUT2D eigenvalue weighted by atomic mass is 19.1. The van der Waals surface area contributed by atoms with Crippen LogP contribution in [0.4, 0.5) is 4.39 Å². The van der Waals surface area contributed by atoms with E-state index in [9.17, 15) is 4.39 Å². The Kier molecular flexibility index (Phi) is 4.11. The fourth-order valence-corrected chi connectivity index (χ4v) is 1.61. The number of aryl methyl sites for hydroxylation is 1. The maximum absolute atomic E-state index is 13.7. The van der Waals surface area contributed by atoms with Gasteiger partial charge in [-0.15, -0.1) is 0 Å². The van der Waals surface area contributed by atoms with Crippen LogP contribution in [0.25, 0.3) is 0 Å². The molecule has 0 fully saturated rings. The van der Waals surface area contributed by atoms with Crippen molar-refractivity contribution in [3.05, 3.63) is 41.3 Å². The van der Waals surface area contributed by atoms with Crippen LogP contribution in [0.2, 0.25) is 0 Å². The van der Waals surface area contributed by atoms with Crippen LogP contribution in [0.5, 0.6) is 5.75 Å². The Morgan fingerprint density at radius 3 is 2.84 bits per heavy atom. The van der Waals surface area contributed by atoms with Crippen molar-refractivity contribution in [3.8, 4) is 5.75 Å². The molecule has 0 aliphatic carbocycles. The lowest BCUT2D eigenvalue weighted by atomic mass is 10.1. The molecule has 0 saturated heterocycles. The van der Waals surface area contributed by atoms with Crippen molar-refractivity contribution in [3.63, 3.8) is 0 Å². The first-order valence-corrected chi connectivity index (χ1v) is 6.09. The van der Waals surface area contributed by atoms with E-state index in [0.29, 0.717) is 29.4 Å².